The molecule has 0 spiro atoms. The Labute approximate surface area is 99.6 Å². The number of rotatable bonds is 3. The highest BCUT2D eigenvalue weighted by Gasteiger charge is 2.21. The van der Waals surface area contributed by atoms with Crippen molar-refractivity contribution in [2.75, 3.05) is 5.32 Å². The molecule has 2 nitrogen and oxygen atoms in total. The first kappa shape index (κ1) is 10.9. The molecule has 3 heteroatoms. The molecule has 1 aliphatic rings. The molecule has 15 heavy (non-hydrogen) atoms. The molecule has 1 saturated carbocycles. The molecule has 2 rings (SSSR count). The third-order valence-corrected chi connectivity index (χ3v) is 3.64. The quantitative estimate of drug-likeness (QED) is 0.901. The van der Waals surface area contributed by atoms with E-state index >= 15 is 0 Å². The Morgan fingerprint density at radius 3 is 2.80 bits per heavy atom. The number of halogens is 1. The van der Waals surface area contributed by atoms with Crippen LogP contribution in [0.15, 0.2) is 22.9 Å². The molecule has 1 unspecified atom stereocenters. The zero-order valence-electron chi connectivity index (χ0n) is 9.04. The fraction of sp³-hybridized carbons (Fsp3) is 0.583. The maximum absolute atomic E-state index is 4.15. The van der Waals surface area contributed by atoms with E-state index < -0.39 is 0 Å². The van der Waals surface area contributed by atoms with Crippen LogP contribution in [0.3, 0.4) is 0 Å². The van der Waals surface area contributed by atoms with Crippen molar-refractivity contribution in [1.82, 2.24) is 4.98 Å². The summed E-state index contributed by atoms with van der Waals surface area (Å²) < 4.78 is 1.03. The van der Waals surface area contributed by atoms with Gasteiger partial charge in [-0.15, -0.1) is 0 Å². The molecular formula is C12H17BrN2. The predicted molar refractivity (Wildman–Crippen MR) is 67.0 cm³/mol. The summed E-state index contributed by atoms with van der Waals surface area (Å²) in [6.45, 7) is 2.27. The van der Waals surface area contributed by atoms with Gasteiger partial charge in [-0.25, -0.2) is 0 Å². The lowest BCUT2D eigenvalue weighted by atomic mass is 10.00. The van der Waals surface area contributed by atoms with E-state index in [0.717, 1.165) is 16.1 Å². The van der Waals surface area contributed by atoms with Crippen LogP contribution in [0.5, 0.6) is 0 Å². The van der Waals surface area contributed by atoms with Gasteiger partial charge in [-0.3, -0.25) is 4.98 Å². The Morgan fingerprint density at radius 1 is 1.40 bits per heavy atom. The summed E-state index contributed by atoms with van der Waals surface area (Å²) in [4.78, 5) is 4.15. The van der Waals surface area contributed by atoms with Gasteiger partial charge in [0.1, 0.15) is 0 Å². The third-order valence-electron chi connectivity index (χ3n) is 3.21. The van der Waals surface area contributed by atoms with Gasteiger partial charge >= 0.3 is 0 Å². The second-order valence-corrected chi connectivity index (χ2v) is 5.29. The van der Waals surface area contributed by atoms with Crippen LogP contribution in [0.1, 0.15) is 32.6 Å². The predicted octanol–water partition coefficient (Wildman–Crippen LogP) is 3.83. The molecule has 0 aliphatic heterocycles. The fourth-order valence-corrected chi connectivity index (χ4v) is 2.69. The zero-order valence-corrected chi connectivity index (χ0v) is 10.6. The van der Waals surface area contributed by atoms with Crippen LogP contribution in [0.4, 0.5) is 5.69 Å². The van der Waals surface area contributed by atoms with Gasteiger partial charge in [0.2, 0.25) is 0 Å². The average molecular weight is 269 g/mol. The molecule has 0 aromatic carbocycles. The average Bonchev–Trinajstić information content (AvgIpc) is 2.70. The first-order valence-electron chi connectivity index (χ1n) is 5.63. The SMILES string of the molecule is CC(Nc1cncc(Br)c1)C1CCCC1. The number of nitrogens with one attached hydrogen (secondary N) is 1. The number of hydrogen-bond acceptors (Lipinski definition) is 2. The fourth-order valence-electron chi connectivity index (χ4n) is 2.33. The lowest BCUT2D eigenvalue weighted by molar-refractivity contribution is 0.482. The first-order valence-corrected chi connectivity index (χ1v) is 6.42. The molecule has 1 aromatic rings. The molecule has 1 aliphatic carbocycles. The molecule has 0 radical (unpaired) electrons. The monoisotopic (exact) mass is 268 g/mol. The van der Waals surface area contributed by atoms with E-state index in [2.05, 4.69) is 39.2 Å². The largest absolute Gasteiger partial charge is 0.381 e. The van der Waals surface area contributed by atoms with Crippen LogP contribution in [0.25, 0.3) is 0 Å². The minimum absolute atomic E-state index is 0.559. The molecule has 82 valence electrons. The number of pyridine rings is 1. The summed E-state index contributed by atoms with van der Waals surface area (Å²) in [5.74, 6) is 0.837. The van der Waals surface area contributed by atoms with Crippen LogP contribution < -0.4 is 5.32 Å². The Bertz CT molecular complexity index is 321. The molecular weight excluding hydrogens is 252 g/mol. The van der Waals surface area contributed by atoms with Crippen LogP contribution in [0.2, 0.25) is 0 Å². The third kappa shape index (κ3) is 2.94. The van der Waals surface area contributed by atoms with Crippen molar-refractivity contribution in [1.29, 1.82) is 0 Å². The van der Waals surface area contributed by atoms with Crippen molar-refractivity contribution in [3.05, 3.63) is 22.9 Å². The Balaban J connectivity index is 1.95. The number of hydrogen-bond donors (Lipinski definition) is 1. The lowest BCUT2D eigenvalue weighted by Gasteiger charge is -2.21. The molecule has 1 N–H and O–H groups in total. The van der Waals surface area contributed by atoms with Crippen molar-refractivity contribution in [2.45, 2.75) is 38.6 Å². The van der Waals surface area contributed by atoms with E-state index in [4.69, 9.17) is 0 Å². The van der Waals surface area contributed by atoms with Gasteiger partial charge < -0.3 is 5.32 Å². The number of nitrogens with zero attached hydrogens (tertiary/aromatic N) is 1. The standard InChI is InChI=1S/C12H17BrN2/c1-9(10-4-2-3-5-10)15-12-6-11(13)7-14-8-12/h6-10,15H,2-5H2,1H3. The van der Waals surface area contributed by atoms with E-state index in [-0.39, 0.29) is 0 Å². The van der Waals surface area contributed by atoms with Gasteiger partial charge in [0.05, 0.1) is 11.9 Å². The number of anilines is 1. The maximum Gasteiger partial charge on any atom is 0.0540 e. The molecule has 1 aromatic heterocycles. The summed E-state index contributed by atoms with van der Waals surface area (Å²) in [6, 6.07) is 2.64. The van der Waals surface area contributed by atoms with Crippen molar-refractivity contribution in [3.63, 3.8) is 0 Å². The summed E-state index contributed by atoms with van der Waals surface area (Å²) in [5, 5.41) is 3.53. The van der Waals surface area contributed by atoms with E-state index in [9.17, 15) is 0 Å². The topological polar surface area (TPSA) is 24.9 Å². The smallest absolute Gasteiger partial charge is 0.0540 e. The molecule has 0 bridgehead atoms. The second-order valence-electron chi connectivity index (χ2n) is 4.37. The minimum Gasteiger partial charge on any atom is -0.381 e. The van der Waals surface area contributed by atoms with Crippen LogP contribution >= 0.6 is 15.9 Å². The summed E-state index contributed by atoms with van der Waals surface area (Å²) in [7, 11) is 0. The van der Waals surface area contributed by atoms with E-state index in [0.29, 0.717) is 6.04 Å². The molecule has 0 saturated heterocycles. The zero-order chi connectivity index (χ0) is 10.7. The second kappa shape index (κ2) is 4.97. The van der Waals surface area contributed by atoms with Gasteiger partial charge in [0, 0.05) is 16.7 Å². The van der Waals surface area contributed by atoms with E-state index in [1.54, 1.807) is 0 Å². The Kier molecular flexibility index (Phi) is 3.62. The molecule has 1 atom stereocenters. The molecule has 0 amide bonds. The van der Waals surface area contributed by atoms with Gasteiger partial charge in [-0.1, -0.05) is 12.8 Å². The van der Waals surface area contributed by atoms with Crippen molar-refractivity contribution in [2.24, 2.45) is 5.92 Å². The normalized spacial score (nSPS) is 19.1. The summed E-state index contributed by atoms with van der Waals surface area (Å²) in [5.41, 5.74) is 1.11. The van der Waals surface area contributed by atoms with Crippen molar-refractivity contribution in [3.8, 4) is 0 Å². The van der Waals surface area contributed by atoms with Gasteiger partial charge in [0.25, 0.3) is 0 Å². The van der Waals surface area contributed by atoms with Crippen LogP contribution in [-0.4, -0.2) is 11.0 Å². The van der Waals surface area contributed by atoms with Crippen molar-refractivity contribution < 1.29 is 0 Å². The van der Waals surface area contributed by atoms with Gasteiger partial charge in [-0.05, 0) is 47.7 Å². The highest BCUT2D eigenvalue weighted by molar-refractivity contribution is 9.10. The summed E-state index contributed by atoms with van der Waals surface area (Å²) >= 11 is 3.43. The minimum atomic E-state index is 0.559. The first-order chi connectivity index (χ1) is 7.25. The lowest BCUT2D eigenvalue weighted by Crippen LogP contribution is -2.23. The molecule has 1 fully saturated rings. The Morgan fingerprint density at radius 2 is 2.13 bits per heavy atom. The number of aromatic nitrogens is 1. The van der Waals surface area contributed by atoms with Gasteiger partial charge in [0.15, 0.2) is 0 Å². The Hall–Kier alpha value is -0.570. The van der Waals surface area contributed by atoms with Crippen LogP contribution in [-0.2, 0) is 0 Å². The van der Waals surface area contributed by atoms with E-state index in [1.165, 1.54) is 25.7 Å². The highest BCUT2D eigenvalue weighted by Crippen LogP contribution is 2.29. The molecule has 1 heterocycles. The highest BCUT2D eigenvalue weighted by atomic mass is 79.9. The van der Waals surface area contributed by atoms with E-state index in [1.807, 2.05) is 12.4 Å². The van der Waals surface area contributed by atoms with Crippen LogP contribution in [0, 0.1) is 5.92 Å². The van der Waals surface area contributed by atoms with Gasteiger partial charge in [-0.2, -0.15) is 0 Å². The summed E-state index contributed by atoms with van der Waals surface area (Å²) in [6.07, 6.45) is 9.23. The maximum atomic E-state index is 4.15. The van der Waals surface area contributed by atoms with Crippen molar-refractivity contribution >= 4 is 21.6 Å².